The first-order chi connectivity index (χ1) is 17.8. The van der Waals surface area contributed by atoms with Gasteiger partial charge in [0, 0.05) is 23.5 Å². The van der Waals surface area contributed by atoms with Gasteiger partial charge in [0.25, 0.3) is 0 Å². The van der Waals surface area contributed by atoms with E-state index in [0.717, 1.165) is 29.4 Å². The third-order valence-electron chi connectivity index (χ3n) is 6.49. The molecule has 202 valence electrons. The number of aromatic amines is 1. The number of rotatable bonds is 14. The number of carboxylic acids is 1. The second kappa shape index (κ2) is 13.7. The molecule has 1 aliphatic rings. The number of carbonyl (C=O) groups excluding carboxylic acids is 3. The molecule has 1 fully saturated rings. The Morgan fingerprint density at radius 1 is 1.03 bits per heavy atom. The van der Waals surface area contributed by atoms with Gasteiger partial charge < -0.3 is 42.2 Å². The number of carbonyl (C=O) groups is 4. The number of nitrogens with one attached hydrogen (secondary N) is 5. The lowest BCUT2D eigenvalue weighted by Gasteiger charge is -2.25. The van der Waals surface area contributed by atoms with Crippen LogP contribution in [0.3, 0.4) is 0 Å². The van der Waals surface area contributed by atoms with Crippen LogP contribution in [-0.4, -0.2) is 82.8 Å². The van der Waals surface area contributed by atoms with Gasteiger partial charge in [-0.05, 0) is 56.8 Å². The van der Waals surface area contributed by atoms with Gasteiger partial charge in [-0.2, -0.15) is 0 Å². The first kappa shape index (κ1) is 28.1. The molecule has 0 spiro atoms. The van der Waals surface area contributed by atoms with Crippen LogP contribution in [0.2, 0.25) is 0 Å². The van der Waals surface area contributed by atoms with E-state index in [1.54, 1.807) is 6.20 Å². The van der Waals surface area contributed by atoms with Gasteiger partial charge in [-0.3, -0.25) is 14.4 Å². The van der Waals surface area contributed by atoms with Crippen molar-refractivity contribution in [2.75, 3.05) is 19.7 Å². The molecule has 37 heavy (non-hydrogen) atoms. The molecule has 2 aromatic rings. The Hall–Kier alpha value is -3.48. The maximum Gasteiger partial charge on any atom is 0.328 e. The molecule has 1 aromatic carbocycles. The zero-order chi connectivity index (χ0) is 26.8. The van der Waals surface area contributed by atoms with Crippen molar-refractivity contribution in [3.63, 3.8) is 0 Å². The fourth-order valence-electron chi connectivity index (χ4n) is 4.40. The van der Waals surface area contributed by atoms with Crippen molar-refractivity contribution in [2.24, 2.45) is 5.73 Å². The van der Waals surface area contributed by atoms with E-state index in [9.17, 15) is 29.4 Å². The highest BCUT2D eigenvalue weighted by atomic mass is 16.4. The molecule has 1 aliphatic heterocycles. The molecule has 12 heteroatoms. The van der Waals surface area contributed by atoms with Crippen LogP contribution in [0, 0.1) is 0 Å². The number of aromatic nitrogens is 1. The first-order valence-corrected chi connectivity index (χ1v) is 12.6. The second-order valence-corrected chi connectivity index (χ2v) is 9.20. The number of benzene rings is 1. The molecule has 0 radical (unpaired) electrons. The Kier molecular flexibility index (Phi) is 10.4. The maximum atomic E-state index is 13.4. The number of amides is 3. The quantitative estimate of drug-likeness (QED) is 0.148. The Morgan fingerprint density at radius 3 is 2.43 bits per heavy atom. The van der Waals surface area contributed by atoms with Crippen LogP contribution >= 0.6 is 0 Å². The largest absolute Gasteiger partial charge is 0.480 e. The summed E-state index contributed by atoms with van der Waals surface area (Å²) in [5, 5.41) is 30.4. The van der Waals surface area contributed by atoms with Crippen molar-refractivity contribution in [1.29, 1.82) is 0 Å². The smallest absolute Gasteiger partial charge is 0.328 e. The third kappa shape index (κ3) is 7.75. The summed E-state index contributed by atoms with van der Waals surface area (Å²) in [5.74, 6) is -3.00. The van der Waals surface area contributed by atoms with Crippen molar-refractivity contribution < 1.29 is 29.4 Å². The molecule has 0 aliphatic carbocycles. The fourth-order valence-corrected chi connectivity index (χ4v) is 4.40. The van der Waals surface area contributed by atoms with Gasteiger partial charge >= 0.3 is 5.97 Å². The van der Waals surface area contributed by atoms with E-state index < -0.39 is 42.5 Å². The Balaban J connectivity index is 1.80. The van der Waals surface area contributed by atoms with Crippen LogP contribution in [-0.2, 0) is 25.6 Å². The van der Waals surface area contributed by atoms with E-state index in [1.165, 1.54) is 0 Å². The molecule has 3 amide bonds. The summed E-state index contributed by atoms with van der Waals surface area (Å²) in [7, 11) is 0. The van der Waals surface area contributed by atoms with E-state index in [2.05, 4.69) is 26.3 Å². The summed E-state index contributed by atoms with van der Waals surface area (Å²) in [6.07, 6.45) is 4.92. The number of aliphatic carboxylic acids is 1. The molecule has 12 nitrogen and oxygen atoms in total. The number of carboxylic acid groups (broad SMARTS) is 1. The zero-order valence-electron chi connectivity index (χ0n) is 20.7. The second-order valence-electron chi connectivity index (χ2n) is 9.20. The molecule has 4 atom stereocenters. The summed E-state index contributed by atoms with van der Waals surface area (Å²) >= 11 is 0. The van der Waals surface area contributed by atoms with E-state index in [0.29, 0.717) is 32.2 Å². The van der Waals surface area contributed by atoms with Gasteiger partial charge in [-0.15, -0.1) is 0 Å². The normalized spacial score (nSPS) is 17.6. The average Bonchev–Trinajstić information content (AvgIpc) is 3.57. The van der Waals surface area contributed by atoms with Gasteiger partial charge in [0.05, 0.1) is 12.6 Å². The number of hydrogen-bond acceptors (Lipinski definition) is 7. The lowest BCUT2D eigenvalue weighted by molar-refractivity contribution is -0.143. The lowest BCUT2D eigenvalue weighted by atomic mass is 10.0. The Bertz CT molecular complexity index is 1080. The van der Waals surface area contributed by atoms with Crippen LogP contribution in [0.1, 0.15) is 37.7 Å². The van der Waals surface area contributed by atoms with Gasteiger partial charge in [0.1, 0.15) is 18.1 Å². The summed E-state index contributed by atoms with van der Waals surface area (Å²) in [4.78, 5) is 53.7. The minimum atomic E-state index is -1.52. The van der Waals surface area contributed by atoms with Crippen LogP contribution in [0.4, 0.5) is 0 Å². The number of unbranched alkanes of at least 4 members (excludes halogenated alkanes) is 1. The van der Waals surface area contributed by atoms with Crippen molar-refractivity contribution >= 4 is 34.6 Å². The Morgan fingerprint density at radius 2 is 1.76 bits per heavy atom. The molecule has 4 unspecified atom stereocenters. The van der Waals surface area contributed by atoms with Gasteiger partial charge in [-0.1, -0.05) is 18.2 Å². The monoisotopic (exact) mass is 516 g/mol. The number of fused-ring (bicyclic) bond motifs is 1. The lowest BCUT2D eigenvalue weighted by Crippen LogP contribution is -2.58. The fraction of sp³-hybridized carbons (Fsp3) is 0.520. The van der Waals surface area contributed by atoms with Crippen molar-refractivity contribution in [1.82, 2.24) is 26.3 Å². The summed E-state index contributed by atoms with van der Waals surface area (Å²) in [6, 6.07) is 3.50. The van der Waals surface area contributed by atoms with Crippen molar-refractivity contribution in [3.05, 3.63) is 36.0 Å². The maximum absolute atomic E-state index is 13.4. The van der Waals surface area contributed by atoms with E-state index in [4.69, 9.17) is 5.73 Å². The van der Waals surface area contributed by atoms with E-state index in [1.807, 2.05) is 24.3 Å². The predicted molar refractivity (Wildman–Crippen MR) is 136 cm³/mol. The SMILES string of the molecule is NCCCCC(NC(=O)C1CCCN1)C(=O)NC(Cc1c[nH]c2ccccc12)C(=O)NC(CO)C(=O)O. The van der Waals surface area contributed by atoms with Crippen LogP contribution in [0.15, 0.2) is 30.5 Å². The summed E-state index contributed by atoms with van der Waals surface area (Å²) < 4.78 is 0. The average molecular weight is 517 g/mol. The standard InChI is InChI=1S/C25H36N6O6/c26-10-4-3-8-19(29-22(33)18-9-5-11-27-18)23(34)30-20(24(35)31-21(14-32)25(36)37)12-15-13-28-17-7-2-1-6-16(15)17/h1-2,6-7,13,18-21,27-28,32H,3-5,8-12,14,26H2,(H,29,33)(H,30,34)(H,31,35)(H,36,37). The predicted octanol–water partition coefficient (Wildman–Crippen LogP) is -0.877. The van der Waals surface area contributed by atoms with Crippen molar-refractivity contribution in [3.8, 4) is 0 Å². The molecule has 3 rings (SSSR count). The number of aliphatic hydroxyl groups excluding tert-OH is 1. The first-order valence-electron chi connectivity index (χ1n) is 12.6. The summed E-state index contributed by atoms with van der Waals surface area (Å²) in [6.45, 7) is 0.362. The minimum absolute atomic E-state index is 0.0625. The van der Waals surface area contributed by atoms with Gasteiger partial charge in [0.2, 0.25) is 17.7 Å². The summed E-state index contributed by atoms with van der Waals surface area (Å²) in [5.41, 5.74) is 7.18. The molecule has 0 bridgehead atoms. The van der Waals surface area contributed by atoms with Crippen molar-refractivity contribution in [2.45, 2.75) is 62.7 Å². The zero-order valence-corrected chi connectivity index (χ0v) is 20.7. The van der Waals surface area contributed by atoms with Crippen LogP contribution in [0.5, 0.6) is 0 Å². The number of hydrogen-bond donors (Lipinski definition) is 8. The molecule has 1 aromatic heterocycles. The molecule has 1 saturated heterocycles. The topological polar surface area (TPSA) is 199 Å². The number of H-pyrrole nitrogens is 1. The number of aliphatic hydroxyl groups is 1. The van der Waals surface area contributed by atoms with Gasteiger partial charge in [-0.25, -0.2) is 4.79 Å². The van der Waals surface area contributed by atoms with E-state index in [-0.39, 0.29) is 18.4 Å². The molecule has 9 N–H and O–H groups in total. The molecule has 0 saturated carbocycles. The van der Waals surface area contributed by atoms with Crippen LogP contribution < -0.4 is 27.0 Å². The third-order valence-corrected chi connectivity index (χ3v) is 6.49. The van der Waals surface area contributed by atoms with E-state index >= 15 is 0 Å². The minimum Gasteiger partial charge on any atom is -0.480 e. The molecular formula is C25H36N6O6. The molecule has 2 heterocycles. The molecular weight excluding hydrogens is 480 g/mol. The highest BCUT2D eigenvalue weighted by Gasteiger charge is 2.31. The highest BCUT2D eigenvalue weighted by molar-refractivity contribution is 5.95. The Labute approximate surface area is 214 Å². The highest BCUT2D eigenvalue weighted by Crippen LogP contribution is 2.19. The van der Waals surface area contributed by atoms with Crippen LogP contribution in [0.25, 0.3) is 10.9 Å². The number of para-hydroxylation sites is 1. The number of nitrogens with two attached hydrogens (primary N) is 1. The van der Waals surface area contributed by atoms with Gasteiger partial charge in [0.15, 0.2) is 0 Å².